The monoisotopic (exact) mass is 485 g/mol. The molecule has 1 atom stereocenters. The molecule has 1 saturated heterocycles. The lowest BCUT2D eigenvalue weighted by Gasteiger charge is -2.31. The van der Waals surface area contributed by atoms with Crippen LogP contribution in [0.1, 0.15) is 33.6 Å². The van der Waals surface area contributed by atoms with Crippen LogP contribution >= 0.6 is 27.3 Å². The van der Waals surface area contributed by atoms with Crippen molar-refractivity contribution in [3.05, 3.63) is 69.1 Å². The predicted molar refractivity (Wildman–Crippen MR) is 121 cm³/mol. The second-order valence-electron chi connectivity index (χ2n) is 6.99. The molecule has 3 aromatic rings. The third kappa shape index (κ3) is 5.03. The fourth-order valence-electron chi connectivity index (χ4n) is 3.33. The average molecular weight is 486 g/mol. The molecule has 7 nitrogen and oxygen atoms in total. The third-order valence-electron chi connectivity index (χ3n) is 4.80. The van der Waals surface area contributed by atoms with Gasteiger partial charge in [-0.15, -0.1) is 10.2 Å². The maximum absolute atomic E-state index is 12.7. The number of carbonyl (C=O) groups excluding carboxylic acids is 2. The second kappa shape index (κ2) is 9.36. The number of anilines is 2. The smallest absolute Gasteiger partial charge is 0.321 e. The van der Waals surface area contributed by atoms with E-state index in [1.807, 2.05) is 54.6 Å². The van der Waals surface area contributed by atoms with Crippen molar-refractivity contribution < 1.29 is 9.59 Å². The molecule has 0 bridgehead atoms. The number of aromatic nitrogens is 2. The zero-order valence-corrected chi connectivity index (χ0v) is 18.4. The number of nitrogens with one attached hydrogen (secondary N) is 2. The minimum Gasteiger partial charge on any atom is -0.324 e. The van der Waals surface area contributed by atoms with E-state index in [9.17, 15) is 9.59 Å². The molecule has 0 aliphatic carbocycles. The van der Waals surface area contributed by atoms with Crippen molar-refractivity contribution in [2.24, 2.45) is 0 Å². The van der Waals surface area contributed by atoms with Crippen LogP contribution in [0.3, 0.4) is 0 Å². The Morgan fingerprint density at radius 3 is 2.63 bits per heavy atom. The summed E-state index contributed by atoms with van der Waals surface area (Å²) in [5, 5.41) is 15.2. The Kier molecular flexibility index (Phi) is 6.39. The lowest BCUT2D eigenvalue weighted by molar-refractivity contribution is 0.102. The SMILES string of the molecule is O=C(Nc1ccccc1)c1nnc(C2CCCN(C(=O)Nc3cccc(Br)c3)C2)s1. The lowest BCUT2D eigenvalue weighted by atomic mass is 9.99. The maximum atomic E-state index is 12.7. The van der Waals surface area contributed by atoms with Gasteiger partial charge >= 0.3 is 6.03 Å². The van der Waals surface area contributed by atoms with Crippen LogP contribution in [-0.2, 0) is 0 Å². The number of halogens is 1. The Balaban J connectivity index is 1.38. The molecule has 9 heteroatoms. The van der Waals surface area contributed by atoms with Crippen LogP contribution < -0.4 is 10.6 Å². The van der Waals surface area contributed by atoms with Crippen LogP contribution in [0.5, 0.6) is 0 Å². The fourth-order valence-corrected chi connectivity index (χ4v) is 4.59. The molecule has 30 heavy (non-hydrogen) atoms. The number of para-hydroxylation sites is 1. The summed E-state index contributed by atoms with van der Waals surface area (Å²) in [7, 11) is 0. The summed E-state index contributed by atoms with van der Waals surface area (Å²) in [6, 6.07) is 16.6. The van der Waals surface area contributed by atoms with Gasteiger partial charge < -0.3 is 15.5 Å². The molecule has 1 aliphatic heterocycles. The Bertz CT molecular complexity index is 1040. The number of benzene rings is 2. The van der Waals surface area contributed by atoms with Crippen LogP contribution in [0.2, 0.25) is 0 Å². The van der Waals surface area contributed by atoms with Gasteiger partial charge in [0.1, 0.15) is 5.01 Å². The Labute approximate surface area is 186 Å². The van der Waals surface area contributed by atoms with E-state index in [4.69, 9.17) is 0 Å². The van der Waals surface area contributed by atoms with E-state index in [1.165, 1.54) is 11.3 Å². The van der Waals surface area contributed by atoms with Crippen molar-refractivity contribution in [3.63, 3.8) is 0 Å². The van der Waals surface area contributed by atoms with E-state index < -0.39 is 0 Å². The Hall–Kier alpha value is -2.78. The van der Waals surface area contributed by atoms with Gasteiger partial charge in [0.15, 0.2) is 0 Å². The highest BCUT2D eigenvalue weighted by molar-refractivity contribution is 9.10. The standard InChI is InChI=1S/C21H20BrN5O2S/c22-15-7-4-10-17(12-15)24-21(29)27-11-5-6-14(13-27)19-25-26-20(30-19)18(28)23-16-8-2-1-3-9-16/h1-4,7-10,12,14H,5-6,11,13H2,(H,23,28)(H,24,29). The second-order valence-corrected chi connectivity index (χ2v) is 8.92. The molecule has 4 rings (SSSR count). The van der Waals surface area contributed by atoms with E-state index >= 15 is 0 Å². The van der Waals surface area contributed by atoms with E-state index in [-0.39, 0.29) is 17.9 Å². The van der Waals surface area contributed by atoms with Crippen molar-refractivity contribution in [1.29, 1.82) is 0 Å². The summed E-state index contributed by atoms with van der Waals surface area (Å²) in [5.41, 5.74) is 1.46. The molecule has 154 valence electrons. The minimum absolute atomic E-state index is 0.0720. The first-order chi connectivity index (χ1) is 14.6. The van der Waals surface area contributed by atoms with Crippen LogP contribution in [0.4, 0.5) is 16.2 Å². The quantitative estimate of drug-likeness (QED) is 0.546. The van der Waals surface area contributed by atoms with Gasteiger partial charge in [-0.2, -0.15) is 0 Å². The number of hydrogen-bond donors (Lipinski definition) is 2. The van der Waals surface area contributed by atoms with Gasteiger partial charge in [-0.25, -0.2) is 4.79 Å². The van der Waals surface area contributed by atoms with Crippen LogP contribution in [0, 0.1) is 0 Å². The van der Waals surface area contributed by atoms with Crippen LogP contribution in [-0.4, -0.2) is 40.1 Å². The first kappa shape index (κ1) is 20.5. The summed E-state index contributed by atoms with van der Waals surface area (Å²) < 4.78 is 0.909. The number of nitrogens with zero attached hydrogens (tertiary/aromatic N) is 3. The normalized spacial score (nSPS) is 16.2. The molecular formula is C21H20BrN5O2S. The highest BCUT2D eigenvalue weighted by atomic mass is 79.9. The minimum atomic E-state index is -0.273. The van der Waals surface area contributed by atoms with E-state index in [0.717, 1.165) is 28.0 Å². The molecule has 2 N–H and O–H groups in total. The summed E-state index contributed by atoms with van der Waals surface area (Å²) >= 11 is 4.70. The molecule has 2 aromatic carbocycles. The predicted octanol–water partition coefficient (Wildman–Crippen LogP) is 4.96. The van der Waals surface area contributed by atoms with Gasteiger partial charge in [0.25, 0.3) is 5.91 Å². The molecule has 0 radical (unpaired) electrons. The number of likely N-dealkylation sites (tertiary alicyclic amines) is 1. The average Bonchev–Trinajstić information content (AvgIpc) is 3.25. The van der Waals surface area contributed by atoms with Crippen molar-refractivity contribution in [2.45, 2.75) is 18.8 Å². The molecule has 3 amide bonds. The van der Waals surface area contributed by atoms with Gasteiger partial charge in [0.05, 0.1) is 0 Å². The van der Waals surface area contributed by atoms with Crippen molar-refractivity contribution in [2.75, 3.05) is 23.7 Å². The highest BCUT2D eigenvalue weighted by Crippen LogP contribution is 2.30. The molecular weight excluding hydrogens is 466 g/mol. The third-order valence-corrected chi connectivity index (χ3v) is 6.38. The molecule has 1 unspecified atom stereocenters. The molecule has 1 aliphatic rings. The summed E-state index contributed by atoms with van der Waals surface area (Å²) in [4.78, 5) is 26.9. The maximum Gasteiger partial charge on any atom is 0.321 e. The van der Waals surface area contributed by atoms with Gasteiger partial charge in [0, 0.05) is 34.9 Å². The number of carbonyl (C=O) groups is 2. The topological polar surface area (TPSA) is 87.2 Å². The Morgan fingerprint density at radius 1 is 1.03 bits per heavy atom. The van der Waals surface area contributed by atoms with E-state index in [0.29, 0.717) is 23.8 Å². The van der Waals surface area contributed by atoms with Gasteiger partial charge in [-0.05, 0) is 43.2 Å². The Morgan fingerprint density at radius 2 is 1.83 bits per heavy atom. The van der Waals surface area contributed by atoms with Crippen LogP contribution in [0.15, 0.2) is 59.1 Å². The first-order valence-electron chi connectivity index (χ1n) is 9.60. The number of amides is 3. The molecule has 0 saturated carbocycles. The zero-order valence-electron chi connectivity index (χ0n) is 16.0. The number of urea groups is 1. The van der Waals surface area contributed by atoms with Gasteiger partial charge in [-0.1, -0.05) is 51.5 Å². The van der Waals surface area contributed by atoms with E-state index in [2.05, 4.69) is 36.8 Å². The largest absolute Gasteiger partial charge is 0.324 e. The number of piperidine rings is 1. The molecule has 1 aromatic heterocycles. The number of rotatable bonds is 4. The highest BCUT2D eigenvalue weighted by Gasteiger charge is 2.28. The fraction of sp³-hybridized carbons (Fsp3) is 0.238. The van der Waals surface area contributed by atoms with Gasteiger partial charge in [-0.3, -0.25) is 4.79 Å². The van der Waals surface area contributed by atoms with Crippen molar-refractivity contribution in [1.82, 2.24) is 15.1 Å². The molecule has 1 fully saturated rings. The lowest BCUT2D eigenvalue weighted by Crippen LogP contribution is -2.41. The molecule has 0 spiro atoms. The summed E-state index contributed by atoms with van der Waals surface area (Å²) in [6.07, 6.45) is 1.79. The summed E-state index contributed by atoms with van der Waals surface area (Å²) in [6.45, 7) is 1.24. The summed E-state index contributed by atoms with van der Waals surface area (Å²) in [5.74, 6) is -0.201. The van der Waals surface area contributed by atoms with Crippen LogP contribution in [0.25, 0.3) is 0 Å². The number of hydrogen-bond acceptors (Lipinski definition) is 5. The van der Waals surface area contributed by atoms with Gasteiger partial charge in [0.2, 0.25) is 5.01 Å². The first-order valence-corrected chi connectivity index (χ1v) is 11.2. The van der Waals surface area contributed by atoms with E-state index in [1.54, 1.807) is 4.90 Å². The van der Waals surface area contributed by atoms with Crippen molar-refractivity contribution >= 4 is 50.6 Å². The molecule has 2 heterocycles. The van der Waals surface area contributed by atoms with Crippen molar-refractivity contribution in [3.8, 4) is 0 Å². The zero-order chi connectivity index (χ0) is 20.9.